The maximum Gasteiger partial charge on any atom is 0.141 e. The lowest BCUT2D eigenvalue weighted by molar-refractivity contribution is 0.335. The Morgan fingerprint density at radius 2 is 2.25 bits per heavy atom. The Hall–Kier alpha value is -0.270. The summed E-state index contributed by atoms with van der Waals surface area (Å²) < 4.78 is 13.0. The van der Waals surface area contributed by atoms with Crippen LogP contribution in [0.5, 0.6) is 0 Å². The van der Waals surface area contributed by atoms with Crippen LogP contribution in [0.2, 0.25) is 5.02 Å². The van der Waals surface area contributed by atoms with Crippen molar-refractivity contribution in [1.82, 2.24) is 0 Å². The van der Waals surface area contributed by atoms with Gasteiger partial charge in [0.2, 0.25) is 0 Å². The van der Waals surface area contributed by atoms with E-state index in [0.717, 1.165) is 31.2 Å². The van der Waals surface area contributed by atoms with Crippen LogP contribution in [0.25, 0.3) is 0 Å². The molecule has 0 radical (unpaired) electrons. The van der Waals surface area contributed by atoms with Crippen LogP contribution in [0.15, 0.2) is 18.2 Å². The summed E-state index contributed by atoms with van der Waals surface area (Å²) in [6, 6.07) is 4.98. The predicted octanol–water partition coefficient (Wildman–Crippen LogP) is 4.82. The van der Waals surface area contributed by atoms with Crippen molar-refractivity contribution in [3.8, 4) is 0 Å². The zero-order valence-corrected chi connectivity index (χ0v) is 10.8. The van der Waals surface area contributed by atoms with E-state index in [-0.39, 0.29) is 16.3 Å². The number of halogens is 3. The molecule has 0 heterocycles. The minimum atomic E-state index is -0.350. The lowest BCUT2D eigenvalue weighted by Gasteiger charge is -2.23. The fourth-order valence-electron chi connectivity index (χ4n) is 2.55. The van der Waals surface area contributed by atoms with Crippen LogP contribution in [-0.4, -0.2) is 5.38 Å². The highest BCUT2D eigenvalue weighted by atomic mass is 35.5. The molecule has 2 unspecified atom stereocenters. The third kappa shape index (κ3) is 2.70. The van der Waals surface area contributed by atoms with Gasteiger partial charge in [0.1, 0.15) is 5.82 Å². The van der Waals surface area contributed by atoms with Crippen molar-refractivity contribution in [3.63, 3.8) is 0 Å². The van der Waals surface area contributed by atoms with E-state index in [9.17, 15) is 4.39 Å². The molecule has 1 aromatic rings. The Balaban J connectivity index is 2.12. The average molecular weight is 261 g/mol. The highest BCUT2D eigenvalue weighted by Crippen LogP contribution is 2.43. The van der Waals surface area contributed by atoms with Gasteiger partial charge in [-0.2, -0.15) is 0 Å². The van der Waals surface area contributed by atoms with Crippen molar-refractivity contribution in [2.75, 3.05) is 0 Å². The highest BCUT2D eigenvalue weighted by molar-refractivity contribution is 6.30. The Kier molecular flexibility index (Phi) is 3.46. The van der Waals surface area contributed by atoms with E-state index < -0.39 is 0 Å². The first-order chi connectivity index (χ1) is 7.48. The molecule has 0 N–H and O–H groups in total. The molecule has 1 fully saturated rings. The van der Waals surface area contributed by atoms with Gasteiger partial charge < -0.3 is 0 Å². The second kappa shape index (κ2) is 4.54. The lowest BCUT2D eigenvalue weighted by atomic mass is 9.82. The van der Waals surface area contributed by atoms with Crippen molar-refractivity contribution < 1.29 is 4.39 Å². The molecule has 0 aliphatic heterocycles. The maximum atomic E-state index is 13.0. The molecular formula is C13H15Cl2F. The second-order valence-electron chi connectivity index (χ2n) is 5.08. The molecule has 88 valence electrons. The van der Waals surface area contributed by atoms with Gasteiger partial charge in [-0.1, -0.05) is 24.6 Å². The molecule has 1 aromatic carbocycles. The summed E-state index contributed by atoms with van der Waals surface area (Å²) in [5.74, 6) is -0.350. The van der Waals surface area contributed by atoms with Gasteiger partial charge in [0, 0.05) is 5.38 Å². The summed E-state index contributed by atoms with van der Waals surface area (Å²) >= 11 is 11.9. The van der Waals surface area contributed by atoms with E-state index in [1.165, 1.54) is 6.07 Å². The standard InChI is InChI=1S/C13H15Cl2F/c1-13(5-4-10(14)8-13)7-9-2-3-12(16)11(15)6-9/h2-3,6,10H,4-5,7-8H2,1H3. The topological polar surface area (TPSA) is 0 Å². The summed E-state index contributed by atoms with van der Waals surface area (Å²) in [4.78, 5) is 0. The van der Waals surface area contributed by atoms with Gasteiger partial charge in [0.15, 0.2) is 0 Å². The molecule has 3 heteroatoms. The zero-order chi connectivity index (χ0) is 11.8. The fraction of sp³-hybridized carbons (Fsp3) is 0.538. The molecule has 0 aromatic heterocycles. The number of hydrogen-bond acceptors (Lipinski definition) is 0. The van der Waals surface area contributed by atoms with Gasteiger partial charge >= 0.3 is 0 Å². The van der Waals surface area contributed by atoms with Gasteiger partial charge in [0.05, 0.1) is 5.02 Å². The van der Waals surface area contributed by atoms with Gasteiger partial charge in [-0.3, -0.25) is 0 Å². The number of alkyl halides is 1. The molecule has 0 bridgehead atoms. The normalized spacial score (nSPS) is 29.6. The third-order valence-electron chi connectivity index (χ3n) is 3.39. The van der Waals surface area contributed by atoms with Crippen molar-refractivity contribution in [2.24, 2.45) is 5.41 Å². The number of rotatable bonds is 2. The molecule has 0 amide bonds. The van der Waals surface area contributed by atoms with Crippen LogP contribution in [0.1, 0.15) is 31.7 Å². The first-order valence-corrected chi connectivity index (χ1v) is 6.38. The van der Waals surface area contributed by atoms with Crippen LogP contribution < -0.4 is 0 Å². The van der Waals surface area contributed by atoms with Crippen LogP contribution >= 0.6 is 23.2 Å². The quantitative estimate of drug-likeness (QED) is 0.669. The van der Waals surface area contributed by atoms with E-state index in [2.05, 4.69) is 6.92 Å². The van der Waals surface area contributed by atoms with Crippen molar-refractivity contribution in [1.29, 1.82) is 0 Å². The van der Waals surface area contributed by atoms with E-state index >= 15 is 0 Å². The Labute approximate surface area is 106 Å². The summed E-state index contributed by atoms with van der Waals surface area (Å²) in [5, 5.41) is 0.502. The molecule has 1 aliphatic rings. The minimum absolute atomic E-state index is 0.210. The van der Waals surface area contributed by atoms with Crippen molar-refractivity contribution in [3.05, 3.63) is 34.6 Å². The minimum Gasteiger partial charge on any atom is -0.205 e. The first-order valence-electron chi connectivity index (χ1n) is 5.56. The van der Waals surface area contributed by atoms with Gasteiger partial charge in [-0.25, -0.2) is 4.39 Å². The molecule has 1 saturated carbocycles. The van der Waals surface area contributed by atoms with Gasteiger partial charge in [0.25, 0.3) is 0 Å². The summed E-state index contributed by atoms with van der Waals surface area (Å²) in [6.07, 6.45) is 4.17. The van der Waals surface area contributed by atoms with Crippen LogP contribution in [0.3, 0.4) is 0 Å². The predicted molar refractivity (Wildman–Crippen MR) is 66.7 cm³/mol. The third-order valence-corrected chi connectivity index (χ3v) is 4.05. The van der Waals surface area contributed by atoms with E-state index in [1.807, 2.05) is 6.07 Å². The van der Waals surface area contributed by atoms with Crippen molar-refractivity contribution >= 4 is 23.2 Å². The molecule has 2 atom stereocenters. The molecule has 0 saturated heterocycles. The van der Waals surface area contributed by atoms with Crippen LogP contribution in [0, 0.1) is 11.2 Å². The summed E-state index contributed by atoms with van der Waals surface area (Å²) in [7, 11) is 0. The van der Waals surface area contributed by atoms with Gasteiger partial charge in [-0.05, 0) is 48.8 Å². The van der Waals surface area contributed by atoms with E-state index in [1.54, 1.807) is 6.07 Å². The average Bonchev–Trinajstić information content (AvgIpc) is 2.52. The SMILES string of the molecule is CC1(Cc2ccc(F)c(Cl)c2)CCC(Cl)C1. The van der Waals surface area contributed by atoms with Crippen LogP contribution in [-0.2, 0) is 6.42 Å². The summed E-state index contributed by atoms with van der Waals surface area (Å²) in [5.41, 5.74) is 1.34. The first kappa shape index (κ1) is 12.2. The largest absolute Gasteiger partial charge is 0.205 e. The Morgan fingerprint density at radius 3 is 2.81 bits per heavy atom. The van der Waals surface area contributed by atoms with Crippen molar-refractivity contribution in [2.45, 2.75) is 38.0 Å². The smallest absolute Gasteiger partial charge is 0.141 e. The molecule has 0 nitrogen and oxygen atoms in total. The fourth-order valence-corrected chi connectivity index (χ4v) is 3.23. The Morgan fingerprint density at radius 1 is 1.50 bits per heavy atom. The van der Waals surface area contributed by atoms with E-state index in [0.29, 0.717) is 5.38 Å². The zero-order valence-electron chi connectivity index (χ0n) is 9.27. The van der Waals surface area contributed by atoms with E-state index in [4.69, 9.17) is 23.2 Å². The second-order valence-corrected chi connectivity index (χ2v) is 6.10. The van der Waals surface area contributed by atoms with Crippen LogP contribution in [0.4, 0.5) is 4.39 Å². The number of benzene rings is 1. The molecule has 1 aliphatic carbocycles. The molecule has 16 heavy (non-hydrogen) atoms. The highest BCUT2D eigenvalue weighted by Gasteiger charge is 2.34. The molecular weight excluding hydrogens is 246 g/mol. The number of hydrogen-bond donors (Lipinski definition) is 0. The van der Waals surface area contributed by atoms with Gasteiger partial charge in [-0.15, -0.1) is 11.6 Å². The summed E-state index contributed by atoms with van der Waals surface area (Å²) in [6.45, 7) is 2.24. The molecule has 0 spiro atoms. The monoisotopic (exact) mass is 260 g/mol. The molecule has 2 rings (SSSR count). The maximum absolute atomic E-state index is 13.0. The Bertz CT molecular complexity index is 392. The lowest BCUT2D eigenvalue weighted by Crippen LogP contribution is -2.15.